The Labute approximate surface area is 166 Å². The third-order valence-electron chi connectivity index (χ3n) is 4.75. The van der Waals surface area contributed by atoms with Crippen molar-refractivity contribution in [1.82, 2.24) is 0 Å². The van der Waals surface area contributed by atoms with Gasteiger partial charge in [0.2, 0.25) is 0 Å². The normalized spacial score (nSPS) is 16.0. The fraction of sp³-hybridized carbons (Fsp3) is 0.591. The fourth-order valence-corrected chi connectivity index (χ4v) is 3.38. The Hall–Kier alpha value is -1.43. The lowest BCUT2D eigenvalue weighted by molar-refractivity contribution is -0.137. The number of hydrogen-bond donors (Lipinski definition) is 1. The number of aliphatic hydroxyl groups is 1. The van der Waals surface area contributed by atoms with Gasteiger partial charge in [-0.2, -0.15) is 0 Å². The van der Waals surface area contributed by atoms with Crippen molar-refractivity contribution in [3.63, 3.8) is 0 Å². The van der Waals surface area contributed by atoms with Crippen LogP contribution in [0.3, 0.4) is 0 Å². The smallest absolute Gasteiger partial charge is 0.330 e. The summed E-state index contributed by atoms with van der Waals surface area (Å²) >= 11 is 0. The van der Waals surface area contributed by atoms with E-state index < -0.39 is 8.32 Å². The van der Waals surface area contributed by atoms with Crippen LogP contribution in [0.1, 0.15) is 41.0 Å². The topological polar surface area (TPSA) is 55.8 Å². The average molecular weight is 395 g/mol. The predicted octanol–water partition coefficient (Wildman–Crippen LogP) is 5.18. The first kappa shape index (κ1) is 25.6. The first-order chi connectivity index (χ1) is 12.5. The second kappa shape index (κ2) is 12.9. The quantitative estimate of drug-likeness (QED) is 0.227. The summed E-state index contributed by atoms with van der Waals surface area (Å²) in [6, 6.07) is 0. The van der Waals surface area contributed by atoms with E-state index in [0.29, 0.717) is 6.61 Å². The largest absolute Gasteiger partial charge is 0.463 e. The van der Waals surface area contributed by atoms with Crippen molar-refractivity contribution >= 4 is 14.3 Å². The van der Waals surface area contributed by atoms with E-state index in [2.05, 4.69) is 39.9 Å². The molecule has 4 nitrogen and oxygen atoms in total. The van der Waals surface area contributed by atoms with Crippen LogP contribution in [-0.2, 0) is 14.0 Å². The maximum Gasteiger partial charge on any atom is 0.330 e. The molecule has 154 valence electrons. The van der Waals surface area contributed by atoms with Gasteiger partial charge in [-0.1, -0.05) is 70.2 Å². The van der Waals surface area contributed by atoms with Crippen molar-refractivity contribution < 1.29 is 19.1 Å². The first-order valence-corrected chi connectivity index (χ1v) is 12.6. The summed E-state index contributed by atoms with van der Waals surface area (Å²) in [4.78, 5) is 11.1. The summed E-state index contributed by atoms with van der Waals surface area (Å²) in [7, 11) is -1.87. The molecule has 0 fully saturated rings. The van der Waals surface area contributed by atoms with Crippen molar-refractivity contribution in [3.05, 3.63) is 48.6 Å². The molecule has 0 aliphatic rings. The molecule has 2 atom stereocenters. The van der Waals surface area contributed by atoms with E-state index in [9.17, 15) is 9.90 Å². The SMILES string of the molecule is CCOC(=O)/C=C/C=C/C=C/C=C/C[C@H](O[Si](C)(C)C(C)(C)C)[C@@H](C)CO. The Bertz CT molecular complexity index is 539. The highest BCUT2D eigenvalue weighted by Crippen LogP contribution is 2.38. The molecule has 0 bridgehead atoms. The first-order valence-electron chi connectivity index (χ1n) is 9.67. The molecule has 5 heteroatoms. The molecular formula is C22H38O4Si. The van der Waals surface area contributed by atoms with Crippen LogP contribution in [0.4, 0.5) is 0 Å². The lowest BCUT2D eigenvalue weighted by atomic mass is 10.0. The Balaban J connectivity index is 4.61. The molecule has 0 aromatic rings. The van der Waals surface area contributed by atoms with Crippen LogP contribution in [0.15, 0.2) is 48.6 Å². The Morgan fingerprint density at radius 1 is 1.07 bits per heavy atom. The van der Waals surface area contributed by atoms with Gasteiger partial charge in [-0.3, -0.25) is 0 Å². The zero-order chi connectivity index (χ0) is 20.9. The minimum atomic E-state index is -1.87. The van der Waals surface area contributed by atoms with E-state index in [1.807, 2.05) is 31.2 Å². The zero-order valence-electron chi connectivity index (χ0n) is 18.1. The molecular weight excluding hydrogens is 356 g/mol. The summed E-state index contributed by atoms with van der Waals surface area (Å²) in [6.45, 7) is 15.5. The molecule has 0 aromatic carbocycles. The van der Waals surface area contributed by atoms with Gasteiger partial charge in [-0.05, 0) is 31.5 Å². The number of ether oxygens (including phenoxy) is 1. The maximum absolute atomic E-state index is 11.1. The van der Waals surface area contributed by atoms with Crippen LogP contribution in [0, 0.1) is 5.92 Å². The number of aliphatic hydroxyl groups excluding tert-OH is 1. The summed E-state index contributed by atoms with van der Waals surface area (Å²) in [5.41, 5.74) is 0. The van der Waals surface area contributed by atoms with Crippen molar-refractivity contribution in [3.8, 4) is 0 Å². The van der Waals surface area contributed by atoms with Gasteiger partial charge >= 0.3 is 5.97 Å². The molecule has 0 heterocycles. The summed E-state index contributed by atoms with van der Waals surface area (Å²) in [5, 5.41) is 9.69. The van der Waals surface area contributed by atoms with Crippen molar-refractivity contribution in [1.29, 1.82) is 0 Å². The van der Waals surface area contributed by atoms with Crippen LogP contribution in [0.2, 0.25) is 18.1 Å². The molecule has 0 amide bonds. The van der Waals surface area contributed by atoms with Gasteiger partial charge in [0.25, 0.3) is 0 Å². The monoisotopic (exact) mass is 394 g/mol. The van der Waals surface area contributed by atoms with Crippen LogP contribution >= 0.6 is 0 Å². The molecule has 0 rings (SSSR count). The maximum atomic E-state index is 11.1. The number of hydrogen-bond acceptors (Lipinski definition) is 4. The summed E-state index contributed by atoms with van der Waals surface area (Å²) < 4.78 is 11.3. The molecule has 0 unspecified atom stereocenters. The van der Waals surface area contributed by atoms with Crippen LogP contribution in [0.25, 0.3) is 0 Å². The third-order valence-corrected chi connectivity index (χ3v) is 9.26. The third kappa shape index (κ3) is 11.1. The second-order valence-corrected chi connectivity index (χ2v) is 12.9. The molecule has 0 aliphatic heterocycles. The molecule has 0 spiro atoms. The van der Waals surface area contributed by atoms with E-state index in [0.717, 1.165) is 6.42 Å². The number of allylic oxidation sites excluding steroid dienone is 6. The average Bonchev–Trinajstić information content (AvgIpc) is 2.57. The number of esters is 1. The van der Waals surface area contributed by atoms with E-state index in [1.54, 1.807) is 19.1 Å². The Kier molecular flexibility index (Phi) is 12.2. The van der Waals surface area contributed by atoms with Crippen LogP contribution in [0.5, 0.6) is 0 Å². The van der Waals surface area contributed by atoms with Gasteiger partial charge < -0.3 is 14.3 Å². The van der Waals surface area contributed by atoms with Crippen molar-refractivity contribution in [2.75, 3.05) is 13.2 Å². The standard InChI is InChI=1S/C22H38O4Si/c1-8-25-21(24)17-15-13-11-9-10-12-14-16-20(19(2)18-23)26-27(6,7)22(3,4)5/h9-15,17,19-20,23H,8,16,18H2,1-7H3/b10-9+,13-11+,14-12+,17-15+/t19-,20-/m0/s1. The number of carbonyl (C=O) groups excluding carboxylic acids is 1. The Morgan fingerprint density at radius 2 is 1.63 bits per heavy atom. The molecule has 0 aromatic heterocycles. The van der Waals surface area contributed by atoms with Gasteiger partial charge in [0, 0.05) is 18.6 Å². The lowest BCUT2D eigenvalue weighted by Crippen LogP contribution is -2.45. The molecule has 27 heavy (non-hydrogen) atoms. The minimum absolute atomic E-state index is 0.0172. The minimum Gasteiger partial charge on any atom is -0.463 e. The molecule has 1 N–H and O–H groups in total. The number of carbonyl (C=O) groups is 1. The lowest BCUT2D eigenvalue weighted by Gasteiger charge is -2.40. The Morgan fingerprint density at radius 3 is 2.15 bits per heavy atom. The molecule has 0 aliphatic carbocycles. The highest BCUT2D eigenvalue weighted by Gasteiger charge is 2.39. The predicted molar refractivity (Wildman–Crippen MR) is 116 cm³/mol. The van der Waals surface area contributed by atoms with E-state index in [4.69, 9.17) is 9.16 Å². The second-order valence-electron chi connectivity index (χ2n) is 8.12. The summed E-state index contributed by atoms with van der Waals surface area (Å²) in [6.07, 6.45) is 15.3. The van der Waals surface area contributed by atoms with Crippen LogP contribution < -0.4 is 0 Å². The molecule has 0 saturated heterocycles. The van der Waals surface area contributed by atoms with Gasteiger partial charge in [0.1, 0.15) is 0 Å². The van der Waals surface area contributed by atoms with Gasteiger partial charge in [0.05, 0.1) is 12.7 Å². The zero-order valence-corrected chi connectivity index (χ0v) is 19.1. The van der Waals surface area contributed by atoms with E-state index >= 15 is 0 Å². The van der Waals surface area contributed by atoms with Crippen LogP contribution in [-0.4, -0.2) is 38.7 Å². The van der Waals surface area contributed by atoms with Gasteiger partial charge in [0.15, 0.2) is 8.32 Å². The highest BCUT2D eigenvalue weighted by molar-refractivity contribution is 6.74. The van der Waals surface area contributed by atoms with Crippen molar-refractivity contribution in [2.45, 2.75) is 65.3 Å². The van der Waals surface area contributed by atoms with E-state index in [-0.39, 0.29) is 29.6 Å². The summed E-state index contributed by atoms with van der Waals surface area (Å²) in [5.74, 6) is -0.238. The highest BCUT2D eigenvalue weighted by atomic mass is 28.4. The van der Waals surface area contributed by atoms with Crippen molar-refractivity contribution in [2.24, 2.45) is 5.92 Å². The van der Waals surface area contributed by atoms with E-state index in [1.165, 1.54) is 6.08 Å². The van der Waals surface area contributed by atoms with Gasteiger partial charge in [-0.15, -0.1) is 0 Å². The number of rotatable bonds is 11. The van der Waals surface area contributed by atoms with Gasteiger partial charge in [-0.25, -0.2) is 4.79 Å². The molecule has 0 radical (unpaired) electrons. The fourth-order valence-electron chi connectivity index (χ4n) is 1.94. The molecule has 0 saturated carbocycles.